The van der Waals surface area contributed by atoms with E-state index in [1.807, 2.05) is 12.1 Å². The van der Waals surface area contributed by atoms with Gasteiger partial charge in [0.05, 0.1) is 6.61 Å². The lowest BCUT2D eigenvalue weighted by atomic mass is 9.88. The maximum absolute atomic E-state index is 13.5. The van der Waals surface area contributed by atoms with E-state index in [0.717, 1.165) is 61.3 Å². The van der Waals surface area contributed by atoms with Crippen molar-refractivity contribution in [2.24, 2.45) is 0 Å². The fourth-order valence-corrected chi connectivity index (χ4v) is 4.37. The van der Waals surface area contributed by atoms with Crippen LogP contribution in [-0.4, -0.2) is 36.9 Å². The summed E-state index contributed by atoms with van der Waals surface area (Å²) in [6.07, 6.45) is 2.74. The molecular weight excluding hydrogens is 432 g/mol. The summed E-state index contributed by atoms with van der Waals surface area (Å²) in [5, 5.41) is 0. The molecule has 0 bridgehead atoms. The zero-order valence-corrected chi connectivity index (χ0v) is 19.4. The third kappa shape index (κ3) is 6.17. The molecule has 3 aromatic carbocycles. The lowest BCUT2D eigenvalue weighted by Crippen LogP contribution is -2.32. The van der Waals surface area contributed by atoms with Gasteiger partial charge in [-0.1, -0.05) is 29.8 Å². The number of benzene rings is 3. The van der Waals surface area contributed by atoms with E-state index in [0.29, 0.717) is 12.2 Å². The minimum absolute atomic E-state index is 0.0482. The van der Waals surface area contributed by atoms with Crippen molar-refractivity contribution >= 4 is 11.4 Å². The first kappa shape index (κ1) is 23.8. The summed E-state index contributed by atoms with van der Waals surface area (Å²) < 4.78 is 32.8. The Balaban J connectivity index is 1.35. The third-order valence-electron chi connectivity index (χ3n) is 6.23. The van der Waals surface area contributed by atoms with Crippen molar-refractivity contribution in [3.8, 4) is 5.75 Å². The summed E-state index contributed by atoms with van der Waals surface area (Å²) in [5.74, 6) is 0.294. The van der Waals surface area contributed by atoms with E-state index in [1.165, 1.54) is 29.8 Å². The largest absolute Gasteiger partial charge is 0.494 e. The van der Waals surface area contributed by atoms with Crippen molar-refractivity contribution in [1.82, 2.24) is 4.90 Å². The minimum atomic E-state index is -0.265. The second-order valence-electron chi connectivity index (χ2n) is 8.62. The highest BCUT2D eigenvalue weighted by molar-refractivity contribution is 5.94. The van der Waals surface area contributed by atoms with Gasteiger partial charge in [0.1, 0.15) is 17.4 Å². The molecule has 3 aromatic rings. The summed E-state index contributed by atoms with van der Waals surface area (Å²) in [6, 6.07) is 20.3. The molecule has 1 heterocycles. The number of Topliss-reactive ketones (excluding diaryl/α,β-unsaturated/α-hetero) is 1. The quantitative estimate of drug-likeness (QED) is 0.282. The van der Waals surface area contributed by atoms with Crippen LogP contribution < -0.4 is 4.74 Å². The number of hydrogen-bond acceptors (Lipinski definition) is 3. The first-order chi connectivity index (χ1) is 16.5. The average Bonchev–Trinajstić information content (AvgIpc) is 2.85. The van der Waals surface area contributed by atoms with Gasteiger partial charge in [0.25, 0.3) is 0 Å². The van der Waals surface area contributed by atoms with Gasteiger partial charge in [-0.15, -0.1) is 0 Å². The first-order valence-electron chi connectivity index (χ1n) is 11.7. The summed E-state index contributed by atoms with van der Waals surface area (Å²) >= 11 is 0. The van der Waals surface area contributed by atoms with Gasteiger partial charge in [0.2, 0.25) is 0 Å². The van der Waals surface area contributed by atoms with Crippen LogP contribution in [0.1, 0.15) is 47.7 Å². The number of hydrogen-bond donors (Lipinski definition) is 0. The Bertz CT molecular complexity index is 1080. The van der Waals surface area contributed by atoms with E-state index in [2.05, 4.69) is 4.90 Å². The SMILES string of the molecule is CC(=O)c1ccc(OCCCN2CCC(=C(c3ccc(F)cc3)c3ccc(F)cc3)CC2)cc1. The molecule has 0 N–H and O–H groups in total. The van der Waals surface area contributed by atoms with E-state index in [4.69, 9.17) is 4.74 Å². The van der Waals surface area contributed by atoms with Gasteiger partial charge in [-0.05, 0) is 91.4 Å². The maximum atomic E-state index is 13.5. The Labute approximate surface area is 199 Å². The number of carbonyl (C=O) groups is 1. The monoisotopic (exact) mass is 461 g/mol. The van der Waals surface area contributed by atoms with E-state index in [9.17, 15) is 13.6 Å². The van der Waals surface area contributed by atoms with Crippen LogP contribution in [0.25, 0.3) is 5.57 Å². The van der Waals surface area contributed by atoms with Crippen molar-refractivity contribution in [2.75, 3.05) is 26.2 Å². The highest BCUT2D eigenvalue weighted by atomic mass is 19.1. The molecule has 176 valence electrons. The van der Waals surface area contributed by atoms with Crippen molar-refractivity contribution in [3.63, 3.8) is 0 Å². The predicted molar refractivity (Wildman–Crippen MR) is 131 cm³/mol. The van der Waals surface area contributed by atoms with E-state index in [-0.39, 0.29) is 17.4 Å². The fraction of sp³-hybridized carbons (Fsp3) is 0.276. The van der Waals surface area contributed by atoms with Crippen molar-refractivity contribution in [1.29, 1.82) is 0 Å². The van der Waals surface area contributed by atoms with Crippen LogP contribution in [0.5, 0.6) is 5.75 Å². The summed E-state index contributed by atoms with van der Waals surface area (Å²) in [4.78, 5) is 13.8. The van der Waals surface area contributed by atoms with Gasteiger partial charge in [-0.2, -0.15) is 0 Å². The number of halogens is 2. The van der Waals surface area contributed by atoms with Crippen molar-refractivity contribution in [2.45, 2.75) is 26.2 Å². The number of carbonyl (C=O) groups excluding carboxylic acids is 1. The lowest BCUT2D eigenvalue weighted by Gasteiger charge is -2.30. The zero-order chi connectivity index (χ0) is 23.9. The number of likely N-dealkylation sites (tertiary alicyclic amines) is 1. The minimum Gasteiger partial charge on any atom is -0.494 e. The molecule has 5 heteroatoms. The molecular formula is C29H29F2NO2. The molecule has 1 aliphatic heterocycles. The Hall–Kier alpha value is -3.31. The highest BCUT2D eigenvalue weighted by Crippen LogP contribution is 2.32. The highest BCUT2D eigenvalue weighted by Gasteiger charge is 2.19. The van der Waals surface area contributed by atoms with Crippen molar-refractivity contribution in [3.05, 3.63) is 107 Å². The summed E-state index contributed by atoms with van der Waals surface area (Å²) in [6.45, 7) is 5.00. The number of rotatable bonds is 8. The van der Waals surface area contributed by atoms with Gasteiger partial charge >= 0.3 is 0 Å². The Kier molecular flexibility index (Phi) is 7.86. The molecule has 0 aliphatic carbocycles. The van der Waals surface area contributed by atoms with E-state index < -0.39 is 0 Å². The molecule has 1 aliphatic rings. The Morgan fingerprint density at radius 1 is 0.794 bits per heavy atom. The Morgan fingerprint density at radius 2 is 1.29 bits per heavy atom. The predicted octanol–water partition coefficient (Wildman–Crippen LogP) is 6.53. The molecule has 0 radical (unpaired) electrons. The fourth-order valence-electron chi connectivity index (χ4n) is 4.37. The normalized spacial score (nSPS) is 14.1. The molecule has 0 saturated carbocycles. The number of ketones is 1. The van der Waals surface area contributed by atoms with Gasteiger partial charge in [-0.3, -0.25) is 4.79 Å². The first-order valence-corrected chi connectivity index (χ1v) is 11.7. The molecule has 1 fully saturated rings. The second-order valence-corrected chi connectivity index (χ2v) is 8.62. The van der Waals surface area contributed by atoms with Crippen LogP contribution in [0, 0.1) is 11.6 Å². The average molecular weight is 462 g/mol. The van der Waals surface area contributed by atoms with Gasteiger partial charge in [0.15, 0.2) is 5.78 Å². The molecule has 0 atom stereocenters. The summed E-state index contributed by atoms with van der Waals surface area (Å²) in [7, 11) is 0. The topological polar surface area (TPSA) is 29.5 Å². The standard InChI is InChI=1S/C29H29F2NO2/c1-21(33)22-7-13-28(14-8-22)34-20-2-17-32-18-15-25(16-19-32)29(23-3-9-26(30)10-4-23)24-5-11-27(31)12-6-24/h3-14H,2,15-20H2,1H3. The van der Waals surface area contributed by atoms with Gasteiger partial charge in [0, 0.05) is 25.2 Å². The van der Waals surface area contributed by atoms with Crippen LogP contribution in [0.4, 0.5) is 8.78 Å². The maximum Gasteiger partial charge on any atom is 0.159 e. The van der Waals surface area contributed by atoms with Gasteiger partial charge in [-0.25, -0.2) is 8.78 Å². The van der Waals surface area contributed by atoms with Crippen LogP contribution in [0.2, 0.25) is 0 Å². The Morgan fingerprint density at radius 3 is 1.79 bits per heavy atom. The molecule has 4 rings (SSSR count). The lowest BCUT2D eigenvalue weighted by molar-refractivity contribution is 0.101. The van der Waals surface area contributed by atoms with E-state index in [1.54, 1.807) is 43.3 Å². The smallest absolute Gasteiger partial charge is 0.159 e. The number of piperidine rings is 1. The van der Waals surface area contributed by atoms with E-state index >= 15 is 0 Å². The molecule has 0 aromatic heterocycles. The number of nitrogens with zero attached hydrogens (tertiary/aromatic N) is 1. The van der Waals surface area contributed by atoms with Crippen LogP contribution in [-0.2, 0) is 0 Å². The molecule has 0 unspecified atom stereocenters. The zero-order valence-electron chi connectivity index (χ0n) is 19.4. The van der Waals surface area contributed by atoms with Gasteiger partial charge < -0.3 is 9.64 Å². The third-order valence-corrected chi connectivity index (χ3v) is 6.23. The van der Waals surface area contributed by atoms with Crippen molar-refractivity contribution < 1.29 is 18.3 Å². The van der Waals surface area contributed by atoms with Crippen LogP contribution >= 0.6 is 0 Å². The molecule has 1 saturated heterocycles. The van der Waals surface area contributed by atoms with Crippen LogP contribution in [0.15, 0.2) is 78.4 Å². The number of ether oxygens (including phenoxy) is 1. The summed E-state index contributed by atoms with van der Waals surface area (Å²) in [5.41, 5.74) is 5.00. The van der Waals surface area contributed by atoms with Crippen LogP contribution in [0.3, 0.4) is 0 Å². The molecule has 0 amide bonds. The molecule has 34 heavy (non-hydrogen) atoms. The molecule has 3 nitrogen and oxygen atoms in total. The second kappa shape index (κ2) is 11.2. The molecule has 0 spiro atoms.